The zero-order chi connectivity index (χ0) is 16.2. The number of Topliss-reactive ketones (excluding diaryl/α,β-unsaturated/α-hetero) is 1. The Morgan fingerprint density at radius 3 is 2.48 bits per heavy atom. The first-order valence-corrected chi connectivity index (χ1v) is 5.77. The molecule has 0 atom stereocenters. The summed E-state index contributed by atoms with van der Waals surface area (Å²) in [7, 11) is 0. The second-order valence-electron chi connectivity index (χ2n) is 3.53. The molecule has 0 radical (unpaired) electrons. The van der Waals surface area contributed by atoms with Crippen molar-refractivity contribution >= 4 is 29.1 Å². The van der Waals surface area contributed by atoms with E-state index in [0.29, 0.717) is 6.07 Å². The minimum absolute atomic E-state index is 0.0931. The van der Waals surface area contributed by atoms with Crippen molar-refractivity contribution in [2.75, 3.05) is 6.61 Å². The molecule has 21 heavy (non-hydrogen) atoms. The van der Waals surface area contributed by atoms with Crippen LogP contribution in [-0.4, -0.2) is 33.8 Å². The average molecular weight is 322 g/mol. The number of ether oxygens (including phenoxy) is 1. The van der Waals surface area contributed by atoms with Crippen LogP contribution in [0.4, 0.5) is 13.2 Å². The minimum Gasteiger partial charge on any atom is -0.457 e. The van der Waals surface area contributed by atoms with Crippen molar-refractivity contribution < 1.29 is 32.3 Å². The normalized spacial score (nSPS) is 10.7. The van der Waals surface area contributed by atoms with Gasteiger partial charge in [-0.15, -0.1) is 0 Å². The SMILES string of the molecule is CCOC(=O)C(=[N+]=[N-])C(=O)c1ccc(C(F)(F)F)nc1Cl. The summed E-state index contributed by atoms with van der Waals surface area (Å²) in [5.41, 5.74) is 5.81. The highest BCUT2D eigenvalue weighted by Crippen LogP contribution is 2.29. The number of aromatic nitrogens is 1. The number of rotatable bonds is 4. The van der Waals surface area contributed by atoms with Crippen LogP contribution < -0.4 is 0 Å². The standard InChI is InChI=1S/C11H7ClF3N3O3/c1-2-21-10(20)7(18-16)8(19)5-3-4-6(11(13,14)15)17-9(5)12/h3-4H,2H2,1H3. The summed E-state index contributed by atoms with van der Waals surface area (Å²) < 4.78 is 41.7. The number of ketones is 1. The molecule has 0 bridgehead atoms. The summed E-state index contributed by atoms with van der Waals surface area (Å²) >= 11 is 5.49. The van der Waals surface area contributed by atoms with Gasteiger partial charge in [-0.2, -0.15) is 18.0 Å². The maximum absolute atomic E-state index is 12.4. The molecule has 1 rings (SSSR count). The van der Waals surface area contributed by atoms with Gasteiger partial charge in [-0.05, 0) is 19.1 Å². The monoisotopic (exact) mass is 321 g/mol. The van der Waals surface area contributed by atoms with E-state index in [4.69, 9.17) is 17.1 Å². The molecule has 10 heteroatoms. The minimum atomic E-state index is -4.74. The van der Waals surface area contributed by atoms with Crippen LogP contribution in [0.2, 0.25) is 5.15 Å². The Hall–Kier alpha value is -2.25. The van der Waals surface area contributed by atoms with Crippen molar-refractivity contribution in [3.05, 3.63) is 34.1 Å². The van der Waals surface area contributed by atoms with Gasteiger partial charge in [-0.1, -0.05) is 11.6 Å². The third-order valence-corrected chi connectivity index (χ3v) is 2.46. The molecule has 0 saturated carbocycles. The van der Waals surface area contributed by atoms with E-state index in [1.807, 2.05) is 0 Å². The van der Waals surface area contributed by atoms with Crippen LogP contribution in [0.3, 0.4) is 0 Å². The van der Waals surface area contributed by atoms with Gasteiger partial charge < -0.3 is 10.3 Å². The lowest BCUT2D eigenvalue weighted by atomic mass is 10.1. The molecular weight excluding hydrogens is 315 g/mol. The summed E-state index contributed by atoms with van der Waals surface area (Å²) in [5, 5.41) is -0.778. The molecule has 1 aromatic heterocycles. The Morgan fingerprint density at radius 1 is 1.43 bits per heavy atom. The van der Waals surface area contributed by atoms with E-state index in [1.54, 1.807) is 0 Å². The number of nitrogens with zero attached hydrogens (tertiary/aromatic N) is 3. The summed E-state index contributed by atoms with van der Waals surface area (Å²) in [6.07, 6.45) is -4.74. The van der Waals surface area contributed by atoms with E-state index in [9.17, 15) is 22.8 Å². The van der Waals surface area contributed by atoms with Crippen molar-refractivity contribution in [1.29, 1.82) is 0 Å². The molecule has 0 aliphatic heterocycles. The smallest absolute Gasteiger partial charge is 0.446 e. The van der Waals surface area contributed by atoms with Gasteiger partial charge >= 0.3 is 17.9 Å². The fourth-order valence-electron chi connectivity index (χ4n) is 1.27. The van der Waals surface area contributed by atoms with Crippen LogP contribution in [0, 0.1) is 0 Å². The van der Waals surface area contributed by atoms with Gasteiger partial charge in [0.2, 0.25) is 0 Å². The molecule has 0 aromatic carbocycles. The molecule has 0 N–H and O–H groups in total. The summed E-state index contributed by atoms with van der Waals surface area (Å²) in [6.45, 7) is 1.36. The van der Waals surface area contributed by atoms with Crippen molar-refractivity contribution in [2.24, 2.45) is 0 Å². The molecule has 0 amide bonds. The molecule has 0 aliphatic carbocycles. The van der Waals surface area contributed by atoms with E-state index in [2.05, 4.69) is 14.5 Å². The Bertz CT molecular complexity index is 639. The average Bonchev–Trinajstić information content (AvgIpc) is 2.38. The Kier molecular flexibility index (Phi) is 5.17. The lowest BCUT2D eigenvalue weighted by Gasteiger charge is -2.07. The number of halogens is 4. The molecule has 0 aliphatic rings. The van der Waals surface area contributed by atoms with Crippen molar-refractivity contribution in [1.82, 2.24) is 4.98 Å². The number of alkyl halides is 3. The quantitative estimate of drug-likeness (QED) is 0.161. The van der Waals surface area contributed by atoms with Crippen LogP contribution in [0.15, 0.2) is 12.1 Å². The number of carbonyl (C=O) groups excluding carboxylic acids is 2. The zero-order valence-electron chi connectivity index (χ0n) is 10.4. The van der Waals surface area contributed by atoms with Gasteiger partial charge in [-0.3, -0.25) is 4.79 Å². The summed E-state index contributed by atoms with van der Waals surface area (Å²) in [4.78, 5) is 28.7. The van der Waals surface area contributed by atoms with Gasteiger partial charge in [0.1, 0.15) is 10.8 Å². The van der Waals surface area contributed by atoms with Gasteiger partial charge in [0, 0.05) is 0 Å². The number of carbonyl (C=O) groups is 2. The molecule has 0 saturated heterocycles. The third-order valence-electron chi connectivity index (χ3n) is 2.17. The predicted molar refractivity (Wildman–Crippen MR) is 63.8 cm³/mol. The van der Waals surface area contributed by atoms with E-state index in [1.165, 1.54) is 6.92 Å². The van der Waals surface area contributed by atoms with Crippen LogP contribution in [0.25, 0.3) is 5.53 Å². The number of hydrogen-bond donors (Lipinski definition) is 0. The van der Waals surface area contributed by atoms with Gasteiger partial charge in [-0.25, -0.2) is 9.78 Å². The Balaban J connectivity index is 3.20. The Morgan fingerprint density at radius 2 is 2.05 bits per heavy atom. The third kappa shape index (κ3) is 3.87. The highest BCUT2D eigenvalue weighted by molar-refractivity contribution is 6.66. The molecule has 112 valence electrons. The second kappa shape index (κ2) is 6.47. The largest absolute Gasteiger partial charge is 0.457 e. The highest BCUT2D eigenvalue weighted by atomic mass is 35.5. The number of pyridine rings is 1. The fourth-order valence-corrected chi connectivity index (χ4v) is 1.51. The molecular formula is C11H7ClF3N3O3. The first kappa shape index (κ1) is 16.8. The van der Waals surface area contributed by atoms with Crippen molar-refractivity contribution in [3.8, 4) is 0 Å². The van der Waals surface area contributed by atoms with Gasteiger partial charge in [0.05, 0.1) is 12.2 Å². The maximum atomic E-state index is 12.4. The molecule has 0 unspecified atom stereocenters. The predicted octanol–water partition coefficient (Wildman–Crippen LogP) is 2.17. The van der Waals surface area contributed by atoms with E-state index in [-0.39, 0.29) is 6.61 Å². The van der Waals surface area contributed by atoms with E-state index in [0.717, 1.165) is 6.07 Å². The van der Waals surface area contributed by atoms with E-state index < -0.39 is 40.1 Å². The van der Waals surface area contributed by atoms with Crippen LogP contribution in [-0.2, 0) is 15.7 Å². The maximum Gasteiger partial charge on any atom is 0.446 e. The Labute approximate surface area is 121 Å². The summed E-state index contributed by atoms with van der Waals surface area (Å²) in [6, 6.07) is 1.24. The summed E-state index contributed by atoms with van der Waals surface area (Å²) in [5.74, 6) is -2.44. The molecule has 0 spiro atoms. The lowest BCUT2D eigenvalue weighted by Crippen LogP contribution is -2.28. The molecule has 0 fully saturated rings. The number of hydrogen-bond acceptors (Lipinski definition) is 4. The second-order valence-corrected chi connectivity index (χ2v) is 3.89. The number of esters is 1. The molecule has 6 nitrogen and oxygen atoms in total. The lowest BCUT2D eigenvalue weighted by molar-refractivity contribution is -0.141. The van der Waals surface area contributed by atoms with E-state index >= 15 is 0 Å². The zero-order valence-corrected chi connectivity index (χ0v) is 11.2. The molecule has 1 aromatic rings. The topological polar surface area (TPSA) is 92.7 Å². The van der Waals surface area contributed by atoms with Crippen LogP contribution >= 0.6 is 11.6 Å². The fraction of sp³-hybridized carbons (Fsp3) is 0.273. The van der Waals surface area contributed by atoms with Crippen molar-refractivity contribution in [3.63, 3.8) is 0 Å². The van der Waals surface area contributed by atoms with Crippen LogP contribution in [0.1, 0.15) is 23.0 Å². The first-order valence-electron chi connectivity index (χ1n) is 5.40. The van der Waals surface area contributed by atoms with Crippen molar-refractivity contribution in [2.45, 2.75) is 13.1 Å². The molecule has 1 heterocycles. The first-order chi connectivity index (χ1) is 9.72. The van der Waals surface area contributed by atoms with Gasteiger partial charge in [0.15, 0.2) is 0 Å². The van der Waals surface area contributed by atoms with Gasteiger partial charge in [0.25, 0.3) is 5.78 Å². The highest BCUT2D eigenvalue weighted by Gasteiger charge is 2.37. The van der Waals surface area contributed by atoms with Crippen LogP contribution in [0.5, 0.6) is 0 Å².